The lowest BCUT2D eigenvalue weighted by Crippen LogP contribution is -2.23. The lowest BCUT2D eigenvalue weighted by molar-refractivity contribution is -0.0919. The van der Waals surface area contributed by atoms with Gasteiger partial charge in [-0.15, -0.1) is 0 Å². The first-order valence-electron chi connectivity index (χ1n) is 8.25. The van der Waals surface area contributed by atoms with E-state index in [-0.39, 0.29) is 22.6 Å². The molecule has 3 rings (SSSR count). The molecule has 6 nitrogen and oxygen atoms in total. The highest BCUT2D eigenvalue weighted by Crippen LogP contribution is 2.40. The first-order chi connectivity index (χ1) is 12.7. The normalized spacial score (nSPS) is 15.2. The topological polar surface area (TPSA) is 133 Å². The smallest absolute Gasteiger partial charge is 0.431 e. The van der Waals surface area contributed by atoms with Crippen molar-refractivity contribution in [3.8, 4) is 5.75 Å². The van der Waals surface area contributed by atoms with E-state index >= 15 is 0 Å². The fourth-order valence-electron chi connectivity index (χ4n) is 3.54. The van der Waals surface area contributed by atoms with Gasteiger partial charge < -0.3 is 27.4 Å². The van der Waals surface area contributed by atoms with Gasteiger partial charge in [0.05, 0.1) is 5.69 Å². The molecule has 2 aromatic rings. The van der Waals surface area contributed by atoms with Gasteiger partial charge in [0.1, 0.15) is 17.0 Å². The Bertz CT molecular complexity index is 995. The van der Waals surface area contributed by atoms with Gasteiger partial charge in [-0.3, -0.25) is 0 Å². The van der Waals surface area contributed by atoms with Crippen LogP contribution in [0.1, 0.15) is 35.2 Å². The quantitative estimate of drug-likeness (QED) is 0.415. The number of nitrogens with zero attached hydrogens (tertiary/aromatic N) is 1. The highest BCUT2D eigenvalue weighted by molar-refractivity contribution is 6.12. The Morgan fingerprint density at radius 2 is 1.81 bits per heavy atom. The second-order valence-electron chi connectivity index (χ2n) is 6.36. The summed E-state index contributed by atoms with van der Waals surface area (Å²) in [5.41, 5.74) is 11.0. The van der Waals surface area contributed by atoms with Crippen LogP contribution < -0.4 is 11.5 Å². The number of rotatable bonds is 3. The zero-order chi connectivity index (χ0) is 19.9. The van der Waals surface area contributed by atoms with Crippen LogP contribution in [0.25, 0.3) is 16.5 Å². The van der Waals surface area contributed by atoms with E-state index in [0.717, 1.165) is 19.1 Å². The minimum absolute atomic E-state index is 0.0488. The summed E-state index contributed by atoms with van der Waals surface area (Å²) < 4.78 is 39.5. The van der Waals surface area contributed by atoms with Crippen molar-refractivity contribution >= 4 is 34.6 Å². The van der Waals surface area contributed by atoms with Gasteiger partial charge in [-0.1, -0.05) is 0 Å². The fraction of sp³-hybridized carbons (Fsp3) is 0.278. The summed E-state index contributed by atoms with van der Waals surface area (Å²) in [5, 5.41) is 25.9. The number of fused-ring (bicyclic) bond motifs is 3. The molecule has 142 valence electrons. The van der Waals surface area contributed by atoms with E-state index in [1.165, 1.54) is 6.07 Å². The molecule has 0 atom stereocenters. The van der Waals surface area contributed by atoms with Crippen LogP contribution in [0.3, 0.4) is 0 Å². The molecule has 0 aliphatic heterocycles. The van der Waals surface area contributed by atoms with Gasteiger partial charge in [-0.2, -0.15) is 13.2 Å². The SMILES string of the molecule is N=CC(=C(N)C(F)(F)F)c1nc2c(O)cc(N)c(C=N)c2c2c1CCCC2. The van der Waals surface area contributed by atoms with E-state index in [1.807, 2.05) is 0 Å². The summed E-state index contributed by atoms with van der Waals surface area (Å²) in [6.07, 6.45) is -0.669. The van der Waals surface area contributed by atoms with Gasteiger partial charge in [0.2, 0.25) is 0 Å². The Morgan fingerprint density at radius 1 is 1.19 bits per heavy atom. The van der Waals surface area contributed by atoms with Crippen molar-refractivity contribution in [1.82, 2.24) is 4.98 Å². The van der Waals surface area contributed by atoms with Crippen molar-refractivity contribution in [2.45, 2.75) is 31.9 Å². The zero-order valence-corrected chi connectivity index (χ0v) is 14.2. The van der Waals surface area contributed by atoms with Crippen molar-refractivity contribution < 1.29 is 18.3 Å². The van der Waals surface area contributed by atoms with Crippen molar-refractivity contribution in [1.29, 1.82) is 10.8 Å². The van der Waals surface area contributed by atoms with Crippen LogP contribution in [0.4, 0.5) is 18.9 Å². The molecular formula is C18H18F3N5O. The molecule has 1 aromatic carbocycles. The number of nitrogens with one attached hydrogen (secondary N) is 2. The van der Waals surface area contributed by atoms with Crippen LogP contribution >= 0.6 is 0 Å². The van der Waals surface area contributed by atoms with Crippen LogP contribution in [0.2, 0.25) is 0 Å². The van der Waals surface area contributed by atoms with Crippen LogP contribution in [0, 0.1) is 10.8 Å². The Hall–Kier alpha value is -3.10. The number of hydrogen-bond acceptors (Lipinski definition) is 6. The standard InChI is InChI=1S/C18H18F3N5O/c19-18(20,21)17(25)11(7-23)15-9-4-2-1-3-8(9)14-10(6-22)12(24)5-13(27)16(14)26-15/h5-7,22-23,27H,1-4,24-25H2. The summed E-state index contributed by atoms with van der Waals surface area (Å²) in [5.74, 6) is -0.294. The number of pyridine rings is 1. The molecule has 0 unspecified atom stereocenters. The molecule has 0 saturated heterocycles. The predicted octanol–water partition coefficient (Wildman–Crippen LogP) is 3.28. The van der Waals surface area contributed by atoms with Gasteiger partial charge in [0.15, 0.2) is 0 Å². The van der Waals surface area contributed by atoms with Gasteiger partial charge in [0, 0.05) is 40.7 Å². The molecule has 0 amide bonds. The number of hydrogen-bond donors (Lipinski definition) is 5. The van der Waals surface area contributed by atoms with Gasteiger partial charge in [-0.05, 0) is 36.8 Å². The summed E-state index contributed by atoms with van der Waals surface area (Å²) in [6.45, 7) is 0. The van der Waals surface area contributed by atoms with E-state index in [0.29, 0.717) is 41.1 Å². The Kier molecular flexibility index (Phi) is 4.54. The maximum Gasteiger partial charge on any atom is 0.431 e. The molecule has 1 aromatic heterocycles. The first-order valence-corrected chi connectivity index (χ1v) is 8.25. The Morgan fingerprint density at radius 3 is 2.37 bits per heavy atom. The van der Waals surface area contributed by atoms with Crippen LogP contribution in [-0.4, -0.2) is 28.7 Å². The monoisotopic (exact) mass is 377 g/mol. The second-order valence-corrected chi connectivity index (χ2v) is 6.36. The average molecular weight is 377 g/mol. The number of halogens is 3. The lowest BCUT2D eigenvalue weighted by atomic mass is 9.84. The number of nitrogen functional groups attached to an aromatic ring is 1. The summed E-state index contributed by atoms with van der Waals surface area (Å²) >= 11 is 0. The number of alkyl halides is 3. The number of aromatic nitrogens is 1. The minimum Gasteiger partial charge on any atom is -0.506 e. The average Bonchev–Trinajstić information content (AvgIpc) is 2.62. The molecule has 0 spiro atoms. The number of allylic oxidation sites excluding steroid dienone is 2. The van der Waals surface area contributed by atoms with Gasteiger partial charge in [-0.25, -0.2) is 4.98 Å². The van der Waals surface area contributed by atoms with Gasteiger partial charge in [0.25, 0.3) is 0 Å². The predicted molar refractivity (Wildman–Crippen MR) is 98.3 cm³/mol. The number of aromatic hydroxyl groups is 1. The van der Waals surface area contributed by atoms with E-state index < -0.39 is 17.4 Å². The van der Waals surface area contributed by atoms with Crippen LogP contribution in [0.15, 0.2) is 11.8 Å². The lowest BCUT2D eigenvalue weighted by Gasteiger charge is -2.24. The number of phenols is 1. The minimum atomic E-state index is -4.81. The van der Waals surface area contributed by atoms with Crippen molar-refractivity contribution in [3.63, 3.8) is 0 Å². The molecule has 0 fully saturated rings. The third-order valence-corrected chi connectivity index (χ3v) is 4.77. The van der Waals surface area contributed by atoms with Crippen molar-refractivity contribution in [2.24, 2.45) is 5.73 Å². The molecule has 1 heterocycles. The highest BCUT2D eigenvalue weighted by Gasteiger charge is 2.36. The van der Waals surface area contributed by atoms with E-state index in [4.69, 9.17) is 22.3 Å². The maximum atomic E-state index is 13.2. The molecule has 0 radical (unpaired) electrons. The van der Waals surface area contributed by atoms with Crippen molar-refractivity contribution in [3.05, 3.63) is 34.1 Å². The van der Waals surface area contributed by atoms with E-state index in [1.54, 1.807) is 0 Å². The summed E-state index contributed by atoms with van der Waals surface area (Å²) in [6, 6.07) is 1.22. The third kappa shape index (κ3) is 2.98. The molecule has 9 heteroatoms. The van der Waals surface area contributed by atoms with E-state index in [9.17, 15) is 18.3 Å². The molecule has 1 aliphatic rings. The molecule has 0 bridgehead atoms. The van der Waals surface area contributed by atoms with Crippen molar-refractivity contribution in [2.75, 3.05) is 5.73 Å². The zero-order valence-electron chi connectivity index (χ0n) is 14.2. The summed E-state index contributed by atoms with van der Waals surface area (Å²) in [7, 11) is 0. The number of benzene rings is 1. The fourth-order valence-corrected chi connectivity index (χ4v) is 3.54. The third-order valence-electron chi connectivity index (χ3n) is 4.77. The highest BCUT2D eigenvalue weighted by atomic mass is 19.4. The molecule has 7 N–H and O–H groups in total. The summed E-state index contributed by atoms with van der Waals surface area (Å²) in [4.78, 5) is 4.25. The maximum absolute atomic E-state index is 13.2. The molecule has 1 aliphatic carbocycles. The molecule has 0 saturated carbocycles. The second kappa shape index (κ2) is 6.57. The van der Waals surface area contributed by atoms with Crippen LogP contribution in [0.5, 0.6) is 5.75 Å². The Balaban J connectivity index is 2.50. The largest absolute Gasteiger partial charge is 0.506 e. The molecular weight excluding hydrogens is 359 g/mol. The number of phenolic OH excluding ortho intramolecular Hbond substituents is 1. The number of aryl methyl sites for hydroxylation is 1. The number of anilines is 1. The van der Waals surface area contributed by atoms with Crippen LogP contribution in [-0.2, 0) is 12.8 Å². The first kappa shape index (κ1) is 18.7. The van der Waals surface area contributed by atoms with E-state index in [2.05, 4.69) is 4.98 Å². The number of nitrogens with two attached hydrogens (primary N) is 2. The molecule has 27 heavy (non-hydrogen) atoms. The van der Waals surface area contributed by atoms with Gasteiger partial charge >= 0.3 is 6.18 Å². The Labute approximate surface area is 152 Å².